The molecule has 0 N–H and O–H groups in total. The Morgan fingerprint density at radius 2 is 1.90 bits per heavy atom. The van der Waals surface area contributed by atoms with E-state index in [4.69, 9.17) is 11.8 Å². The van der Waals surface area contributed by atoms with Gasteiger partial charge < -0.3 is 0 Å². The fourth-order valence-corrected chi connectivity index (χ4v) is 0.822. The molecule has 0 radical (unpaired) electrons. The molecular weight excluding hydrogens is 146 g/mol. The van der Waals surface area contributed by atoms with Crippen molar-refractivity contribution in [3.05, 3.63) is 35.4 Å². The molecule has 1 rings (SSSR count). The highest BCUT2D eigenvalue weighted by Gasteiger charge is 1.84. The van der Waals surface area contributed by atoms with Gasteiger partial charge in [0.05, 0.1) is 0 Å². The van der Waals surface area contributed by atoms with Crippen LogP contribution in [0.3, 0.4) is 0 Å². The Morgan fingerprint density at radius 1 is 1.30 bits per heavy atom. The fraction of sp³-hybridized carbons (Fsp3) is 0.125. The van der Waals surface area contributed by atoms with Crippen molar-refractivity contribution in [1.82, 2.24) is 0 Å². The molecule has 0 aromatic heterocycles. The summed E-state index contributed by atoms with van der Waals surface area (Å²) in [7, 11) is 0. The summed E-state index contributed by atoms with van der Waals surface area (Å²) < 4.78 is 3.38. The lowest BCUT2D eigenvalue weighted by atomic mass is 10.2. The second-order valence-corrected chi connectivity index (χ2v) is 2.33. The zero-order valence-corrected chi connectivity index (χ0v) is 6.47. The molecule has 0 amide bonds. The first kappa shape index (κ1) is 7.29. The standard InChI is InChI=1S/C8H8ClN/c1-7-2-4-8(5-3-7)6-10-9/h2-6H,1H3/b10-6+. The molecule has 0 saturated carbocycles. The van der Waals surface area contributed by atoms with Crippen LogP contribution in [0.15, 0.2) is 28.8 Å². The van der Waals surface area contributed by atoms with Gasteiger partial charge in [0, 0.05) is 18.0 Å². The van der Waals surface area contributed by atoms with E-state index in [2.05, 4.69) is 4.51 Å². The molecule has 52 valence electrons. The highest BCUT2D eigenvalue weighted by molar-refractivity contribution is 6.18. The van der Waals surface area contributed by atoms with Gasteiger partial charge in [0.15, 0.2) is 0 Å². The zero-order valence-electron chi connectivity index (χ0n) is 5.71. The summed E-state index contributed by atoms with van der Waals surface area (Å²) in [5.74, 6) is 0. The number of hydrogen-bond acceptors (Lipinski definition) is 1. The molecule has 2 heteroatoms. The highest BCUT2D eigenvalue weighted by atomic mass is 35.5. The molecule has 0 heterocycles. The second-order valence-electron chi connectivity index (χ2n) is 2.14. The first-order chi connectivity index (χ1) is 4.83. The van der Waals surface area contributed by atoms with Crippen LogP contribution in [0.2, 0.25) is 0 Å². The van der Waals surface area contributed by atoms with Crippen molar-refractivity contribution in [2.75, 3.05) is 0 Å². The van der Waals surface area contributed by atoms with Crippen LogP contribution in [0, 0.1) is 6.92 Å². The molecule has 0 atom stereocenters. The Kier molecular flexibility index (Phi) is 2.46. The molecule has 0 saturated heterocycles. The third-order valence-corrected chi connectivity index (χ3v) is 1.37. The summed E-state index contributed by atoms with van der Waals surface area (Å²) in [6, 6.07) is 7.99. The molecule has 1 nitrogen and oxygen atoms in total. The minimum atomic E-state index is 1.03. The number of hydrogen-bond donors (Lipinski definition) is 0. The van der Waals surface area contributed by atoms with E-state index < -0.39 is 0 Å². The van der Waals surface area contributed by atoms with Crippen LogP contribution in [0.5, 0.6) is 0 Å². The smallest absolute Gasteiger partial charge is 0.0487 e. The average molecular weight is 154 g/mol. The Hall–Kier alpha value is -0.820. The van der Waals surface area contributed by atoms with Crippen LogP contribution in [0.1, 0.15) is 11.1 Å². The van der Waals surface area contributed by atoms with Crippen LogP contribution in [0.25, 0.3) is 0 Å². The Morgan fingerprint density at radius 3 is 2.40 bits per heavy atom. The van der Waals surface area contributed by atoms with Gasteiger partial charge in [0.2, 0.25) is 0 Å². The van der Waals surface area contributed by atoms with Crippen LogP contribution in [-0.4, -0.2) is 6.21 Å². The van der Waals surface area contributed by atoms with Crippen molar-refractivity contribution in [3.8, 4) is 0 Å². The Labute approximate surface area is 65.5 Å². The van der Waals surface area contributed by atoms with Crippen molar-refractivity contribution in [3.63, 3.8) is 0 Å². The van der Waals surface area contributed by atoms with E-state index in [1.807, 2.05) is 31.2 Å². The first-order valence-electron chi connectivity index (χ1n) is 3.04. The van der Waals surface area contributed by atoms with Crippen molar-refractivity contribution < 1.29 is 0 Å². The van der Waals surface area contributed by atoms with E-state index in [9.17, 15) is 0 Å². The van der Waals surface area contributed by atoms with Gasteiger partial charge in [0.1, 0.15) is 0 Å². The lowest BCUT2D eigenvalue weighted by Crippen LogP contribution is -1.78. The second kappa shape index (κ2) is 3.37. The number of aryl methyl sites for hydroxylation is 1. The van der Waals surface area contributed by atoms with Gasteiger partial charge in [-0.2, -0.15) is 4.51 Å². The van der Waals surface area contributed by atoms with Gasteiger partial charge in [0.25, 0.3) is 0 Å². The molecule has 0 aliphatic heterocycles. The molecule has 10 heavy (non-hydrogen) atoms. The zero-order chi connectivity index (χ0) is 7.40. The van der Waals surface area contributed by atoms with Crippen LogP contribution in [-0.2, 0) is 0 Å². The predicted octanol–water partition coefficient (Wildman–Crippen LogP) is 2.57. The van der Waals surface area contributed by atoms with Crippen LogP contribution < -0.4 is 0 Å². The van der Waals surface area contributed by atoms with Crippen LogP contribution >= 0.6 is 11.8 Å². The van der Waals surface area contributed by atoms with Crippen molar-refractivity contribution in [1.29, 1.82) is 0 Å². The fourth-order valence-electron chi connectivity index (χ4n) is 0.709. The quantitative estimate of drug-likeness (QED) is 0.550. The normalized spacial score (nSPS) is 10.6. The summed E-state index contributed by atoms with van der Waals surface area (Å²) in [5.41, 5.74) is 2.27. The monoisotopic (exact) mass is 153 g/mol. The molecule has 0 bridgehead atoms. The topological polar surface area (TPSA) is 12.4 Å². The summed E-state index contributed by atoms with van der Waals surface area (Å²) in [5, 5.41) is 0. The van der Waals surface area contributed by atoms with Crippen LogP contribution in [0.4, 0.5) is 0 Å². The summed E-state index contributed by atoms with van der Waals surface area (Å²) >= 11 is 5.15. The number of nitrogens with zero attached hydrogens (tertiary/aromatic N) is 1. The molecule has 0 aliphatic carbocycles. The lowest BCUT2D eigenvalue weighted by molar-refractivity contribution is 1.47. The SMILES string of the molecule is Cc1ccc(/C=N/Cl)cc1. The van der Waals surface area contributed by atoms with E-state index in [1.165, 1.54) is 5.56 Å². The van der Waals surface area contributed by atoms with Crippen molar-refractivity contribution in [2.45, 2.75) is 6.92 Å². The molecule has 1 aromatic carbocycles. The van der Waals surface area contributed by atoms with Crippen molar-refractivity contribution >= 4 is 18.0 Å². The summed E-state index contributed by atoms with van der Waals surface area (Å²) in [4.78, 5) is 0. The summed E-state index contributed by atoms with van der Waals surface area (Å²) in [6.45, 7) is 2.04. The molecule has 0 spiro atoms. The molecule has 0 unspecified atom stereocenters. The molecule has 0 aliphatic rings. The van der Waals surface area contributed by atoms with E-state index in [-0.39, 0.29) is 0 Å². The van der Waals surface area contributed by atoms with E-state index in [0.717, 1.165) is 5.56 Å². The third-order valence-electron chi connectivity index (χ3n) is 1.28. The maximum absolute atomic E-state index is 5.15. The van der Waals surface area contributed by atoms with Gasteiger partial charge >= 0.3 is 0 Å². The minimum absolute atomic E-state index is 1.03. The van der Waals surface area contributed by atoms with Gasteiger partial charge in [-0.15, -0.1) is 0 Å². The number of rotatable bonds is 1. The van der Waals surface area contributed by atoms with Gasteiger partial charge in [-0.1, -0.05) is 29.8 Å². The average Bonchev–Trinajstić information content (AvgIpc) is 1.95. The lowest BCUT2D eigenvalue weighted by Gasteiger charge is -1.91. The van der Waals surface area contributed by atoms with E-state index in [1.54, 1.807) is 6.21 Å². The largest absolute Gasteiger partial charge is 0.185 e. The van der Waals surface area contributed by atoms with Gasteiger partial charge in [-0.05, 0) is 12.5 Å². The van der Waals surface area contributed by atoms with Gasteiger partial charge in [-0.3, -0.25) is 0 Å². The Balaban J connectivity index is 2.89. The third kappa shape index (κ3) is 1.85. The molecular formula is C8H8ClN. The Bertz CT molecular complexity index is 226. The minimum Gasteiger partial charge on any atom is -0.185 e. The highest BCUT2D eigenvalue weighted by Crippen LogP contribution is 2.00. The maximum atomic E-state index is 5.15. The molecule has 1 aromatic rings. The molecule has 0 fully saturated rings. The predicted molar refractivity (Wildman–Crippen MR) is 44.6 cm³/mol. The summed E-state index contributed by atoms with van der Waals surface area (Å²) in [6.07, 6.45) is 1.61. The first-order valence-corrected chi connectivity index (χ1v) is 3.38. The van der Waals surface area contributed by atoms with Crippen molar-refractivity contribution in [2.24, 2.45) is 4.51 Å². The van der Waals surface area contributed by atoms with E-state index in [0.29, 0.717) is 0 Å². The van der Waals surface area contributed by atoms with Gasteiger partial charge in [-0.25, -0.2) is 0 Å². The number of benzene rings is 1. The maximum Gasteiger partial charge on any atom is 0.0487 e. The van der Waals surface area contributed by atoms with E-state index >= 15 is 0 Å². The number of halogens is 1.